The van der Waals surface area contributed by atoms with E-state index in [1.807, 2.05) is 36.4 Å². The standard InChI is InChI=1S/C15H20ClNO/c16-9-5-11-17-10-4-8-14(17)12-15(18)13-6-2-1-3-7-13/h1-3,5-7,9,14-15,18H,4,8,10-12H2. The van der Waals surface area contributed by atoms with Gasteiger partial charge in [0.05, 0.1) is 6.10 Å². The molecule has 0 aromatic heterocycles. The molecular formula is C15H20ClNO. The fraction of sp³-hybridized carbons (Fsp3) is 0.467. The van der Waals surface area contributed by atoms with Gasteiger partial charge in [0.25, 0.3) is 0 Å². The fourth-order valence-corrected chi connectivity index (χ4v) is 2.73. The van der Waals surface area contributed by atoms with E-state index >= 15 is 0 Å². The summed E-state index contributed by atoms with van der Waals surface area (Å²) in [5.41, 5.74) is 2.58. The second-order valence-corrected chi connectivity index (χ2v) is 5.07. The minimum absolute atomic E-state index is 0.364. The molecule has 0 amide bonds. The van der Waals surface area contributed by atoms with Gasteiger partial charge in [0.2, 0.25) is 0 Å². The molecule has 1 N–H and O–H groups in total. The van der Waals surface area contributed by atoms with Gasteiger partial charge in [0.15, 0.2) is 0 Å². The van der Waals surface area contributed by atoms with Crippen LogP contribution < -0.4 is 0 Å². The first-order valence-electron chi connectivity index (χ1n) is 6.53. The molecule has 1 heterocycles. The zero-order valence-electron chi connectivity index (χ0n) is 10.5. The van der Waals surface area contributed by atoms with Crippen molar-refractivity contribution < 1.29 is 5.11 Å². The van der Waals surface area contributed by atoms with Gasteiger partial charge in [-0.15, -0.1) is 0 Å². The van der Waals surface area contributed by atoms with Crippen LogP contribution in [-0.4, -0.2) is 29.1 Å². The van der Waals surface area contributed by atoms with Gasteiger partial charge in [-0.05, 0) is 31.4 Å². The molecule has 1 aliphatic rings. The number of halogens is 1. The van der Waals surface area contributed by atoms with Crippen molar-refractivity contribution >= 4 is 11.6 Å². The van der Waals surface area contributed by atoms with Crippen LogP contribution in [0.25, 0.3) is 0 Å². The van der Waals surface area contributed by atoms with Gasteiger partial charge in [0.1, 0.15) is 0 Å². The summed E-state index contributed by atoms with van der Waals surface area (Å²) in [5.74, 6) is 0. The fourth-order valence-electron chi connectivity index (χ4n) is 2.65. The predicted molar refractivity (Wildman–Crippen MR) is 75.6 cm³/mol. The van der Waals surface area contributed by atoms with E-state index < -0.39 is 0 Å². The quantitative estimate of drug-likeness (QED) is 0.883. The van der Waals surface area contributed by atoms with Crippen LogP contribution in [0.3, 0.4) is 0 Å². The van der Waals surface area contributed by atoms with E-state index in [0.29, 0.717) is 6.04 Å². The molecule has 98 valence electrons. The van der Waals surface area contributed by atoms with Crippen molar-refractivity contribution in [1.29, 1.82) is 0 Å². The molecule has 2 atom stereocenters. The van der Waals surface area contributed by atoms with E-state index in [1.54, 1.807) is 5.54 Å². The number of benzene rings is 1. The molecule has 3 heteroatoms. The van der Waals surface area contributed by atoms with Crippen LogP contribution in [0, 0.1) is 0 Å². The molecule has 2 nitrogen and oxygen atoms in total. The first-order valence-corrected chi connectivity index (χ1v) is 6.97. The van der Waals surface area contributed by atoms with E-state index in [0.717, 1.165) is 25.1 Å². The lowest BCUT2D eigenvalue weighted by atomic mass is 10.0. The Morgan fingerprint density at radius 3 is 2.89 bits per heavy atom. The van der Waals surface area contributed by atoms with Crippen molar-refractivity contribution in [2.75, 3.05) is 13.1 Å². The number of aliphatic hydroxyl groups excluding tert-OH is 1. The van der Waals surface area contributed by atoms with Gasteiger partial charge in [-0.2, -0.15) is 0 Å². The van der Waals surface area contributed by atoms with Crippen LogP contribution in [0.5, 0.6) is 0 Å². The Bertz CT molecular complexity index is 379. The highest BCUT2D eigenvalue weighted by Crippen LogP contribution is 2.27. The summed E-state index contributed by atoms with van der Waals surface area (Å²) in [6.07, 6.45) is 4.79. The maximum atomic E-state index is 10.3. The number of nitrogens with zero attached hydrogens (tertiary/aromatic N) is 1. The molecule has 2 rings (SSSR count). The minimum Gasteiger partial charge on any atom is -0.388 e. The third-order valence-electron chi connectivity index (χ3n) is 3.61. The maximum Gasteiger partial charge on any atom is 0.0805 e. The van der Waals surface area contributed by atoms with Crippen molar-refractivity contribution in [3.05, 3.63) is 47.5 Å². The highest BCUT2D eigenvalue weighted by Gasteiger charge is 2.26. The molecule has 0 spiro atoms. The van der Waals surface area contributed by atoms with Gasteiger partial charge in [0, 0.05) is 18.1 Å². The van der Waals surface area contributed by atoms with Crippen LogP contribution >= 0.6 is 11.6 Å². The van der Waals surface area contributed by atoms with Crippen molar-refractivity contribution in [1.82, 2.24) is 4.90 Å². The molecule has 0 radical (unpaired) electrons. The zero-order chi connectivity index (χ0) is 12.8. The van der Waals surface area contributed by atoms with Crippen molar-refractivity contribution in [3.8, 4) is 0 Å². The van der Waals surface area contributed by atoms with E-state index in [-0.39, 0.29) is 6.10 Å². The van der Waals surface area contributed by atoms with E-state index in [4.69, 9.17) is 11.6 Å². The number of likely N-dealkylation sites (tertiary alicyclic amines) is 1. The van der Waals surface area contributed by atoms with Crippen LogP contribution in [0.1, 0.15) is 30.9 Å². The Kier molecular flexibility index (Phi) is 5.24. The van der Waals surface area contributed by atoms with Gasteiger partial charge < -0.3 is 5.11 Å². The summed E-state index contributed by atoms with van der Waals surface area (Å²) in [6, 6.07) is 10.4. The molecule has 1 aliphatic heterocycles. The van der Waals surface area contributed by atoms with Crippen LogP contribution in [0.15, 0.2) is 41.9 Å². The van der Waals surface area contributed by atoms with E-state index in [1.165, 1.54) is 12.8 Å². The molecular weight excluding hydrogens is 246 g/mol. The molecule has 1 fully saturated rings. The lowest BCUT2D eigenvalue weighted by Crippen LogP contribution is -2.30. The normalized spacial score (nSPS) is 22.7. The number of rotatable bonds is 5. The third kappa shape index (κ3) is 3.58. The van der Waals surface area contributed by atoms with Crippen LogP contribution in [0.4, 0.5) is 0 Å². The van der Waals surface area contributed by atoms with Gasteiger partial charge in [-0.3, -0.25) is 4.90 Å². The van der Waals surface area contributed by atoms with Crippen molar-refractivity contribution in [3.63, 3.8) is 0 Å². The average Bonchev–Trinajstić information content (AvgIpc) is 2.84. The third-order valence-corrected chi connectivity index (χ3v) is 3.79. The smallest absolute Gasteiger partial charge is 0.0805 e. The second-order valence-electron chi connectivity index (χ2n) is 4.81. The summed E-state index contributed by atoms with van der Waals surface area (Å²) in [6.45, 7) is 1.99. The first-order chi connectivity index (χ1) is 8.81. The van der Waals surface area contributed by atoms with E-state index in [2.05, 4.69) is 4.90 Å². The van der Waals surface area contributed by atoms with Gasteiger partial charge in [-0.25, -0.2) is 0 Å². The first kappa shape index (κ1) is 13.6. The Morgan fingerprint density at radius 1 is 1.39 bits per heavy atom. The largest absolute Gasteiger partial charge is 0.388 e. The zero-order valence-corrected chi connectivity index (χ0v) is 11.3. The number of hydrogen-bond acceptors (Lipinski definition) is 2. The Balaban J connectivity index is 1.92. The molecule has 2 unspecified atom stereocenters. The lowest BCUT2D eigenvalue weighted by Gasteiger charge is -2.25. The molecule has 0 saturated carbocycles. The molecule has 18 heavy (non-hydrogen) atoms. The number of aliphatic hydroxyl groups is 1. The molecule has 0 bridgehead atoms. The summed E-state index contributed by atoms with van der Waals surface area (Å²) in [7, 11) is 0. The maximum absolute atomic E-state index is 10.3. The summed E-state index contributed by atoms with van der Waals surface area (Å²) < 4.78 is 0. The minimum atomic E-state index is -0.364. The molecule has 1 saturated heterocycles. The lowest BCUT2D eigenvalue weighted by molar-refractivity contribution is 0.125. The second kappa shape index (κ2) is 6.93. The predicted octanol–water partition coefficient (Wildman–Crippen LogP) is 3.33. The summed E-state index contributed by atoms with van der Waals surface area (Å²) >= 11 is 5.57. The Hall–Kier alpha value is -0.830. The van der Waals surface area contributed by atoms with Crippen molar-refractivity contribution in [2.45, 2.75) is 31.4 Å². The number of hydrogen-bond donors (Lipinski definition) is 1. The molecule has 1 aromatic carbocycles. The molecule has 0 aliphatic carbocycles. The summed E-state index contributed by atoms with van der Waals surface area (Å²) in [4.78, 5) is 2.39. The summed E-state index contributed by atoms with van der Waals surface area (Å²) in [5, 5.41) is 10.3. The van der Waals surface area contributed by atoms with Gasteiger partial charge in [-0.1, -0.05) is 48.0 Å². The Labute approximate surface area is 114 Å². The average molecular weight is 266 g/mol. The molecule has 1 aromatic rings. The Morgan fingerprint density at radius 2 is 2.17 bits per heavy atom. The SMILES string of the molecule is OC(CC1CCCN1CC=CCl)c1ccccc1. The topological polar surface area (TPSA) is 23.5 Å². The van der Waals surface area contributed by atoms with Crippen LogP contribution in [0.2, 0.25) is 0 Å². The highest BCUT2D eigenvalue weighted by atomic mass is 35.5. The monoisotopic (exact) mass is 265 g/mol. The van der Waals surface area contributed by atoms with Crippen molar-refractivity contribution in [2.24, 2.45) is 0 Å². The van der Waals surface area contributed by atoms with Gasteiger partial charge >= 0.3 is 0 Å². The highest BCUT2D eigenvalue weighted by molar-refractivity contribution is 6.25. The van der Waals surface area contributed by atoms with E-state index in [9.17, 15) is 5.11 Å². The van der Waals surface area contributed by atoms with Crippen LogP contribution in [-0.2, 0) is 0 Å².